The first kappa shape index (κ1) is 15.6. The van der Waals surface area contributed by atoms with Crippen LogP contribution in [0.15, 0.2) is 36.7 Å². The summed E-state index contributed by atoms with van der Waals surface area (Å²) >= 11 is 0. The lowest BCUT2D eigenvalue weighted by molar-refractivity contribution is -0.111. The number of sulfone groups is 1. The number of amides is 1. The monoisotopic (exact) mass is 336 g/mol. The molecule has 0 spiro atoms. The second-order valence-electron chi connectivity index (χ2n) is 5.15. The lowest BCUT2D eigenvalue weighted by Crippen LogP contribution is -2.33. The summed E-state index contributed by atoms with van der Waals surface area (Å²) in [5, 5.41) is 8.76. The van der Waals surface area contributed by atoms with Crippen LogP contribution in [0.1, 0.15) is 15.9 Å². The van der Waals surface area contributed by atoms with Crippen LogP contribution in [0.3, 0.4) is 0 Å². The van der Waals surface area contributed by atoms with Crippen molar-refractivity contribution in [2.24, 2.45) is 0 Å². The van der Waals surface area contributed by atoms with Crippen LogP contribution in [0, 0.1) is 0 Å². The number of hydrogen-bond acceptors (Lipinski definition) is 6. The van der Waals surface area contributed by atoms with Crippen LogP contribution in [0.5, 0.6) is 0 Å². The first-order valence-corrected chi connectivity index (χ1v) is 8.94. The molecule has 1 aromatic heterocycles. The highest BCUT2D eigenvalue weighted by atomic mass is 32.2. The van der Waals surface area contributed by atoms with E-state index in [9.17, 15) is 13.2 Å². The number of hydrogen-bond donors (Lipinski definition) is 0. The van der Waals surface area contributed by atoms with E-state index >= 15 is 0 Å². The Balaban J connectivity index is 1.82. The molecule has 23 heavy (non-hydrogen) atoms. The van der Waals surface area contributed by atoms with Crippen molar-refractivity contribution in [3.63, 3.8) is 0 Å². The average molecular weight is 336 g/mol. The van der Waals surface area contributed by atoms with E-state index in [1.54, 1.807) is 29.2 Å². The zero-order valence-corrected chi connectivity index (χ0v) is 13.1. The number of carbonyl (C=O) groups excluding carboxylic acids is 1. The molecule has 0 aliphatic carbocycles. The van der Waals surface area contributed by atoms with Gasteiger partial charge < -0.3 is 0 Å². The zero-order chi connectivity index (χ0) is 16.3. The minimum atomic E-state index is -3.16. The van der Waals surface area contributed by atoms with Crippen molar-refractivity contribution in [2.75, 3.05) is 24.7 Å². The summed E-state index contributed by atoms with van der Waals surface area (Å²) in [6.45, 7) is 0.409. The molecule has 0 radical (unpaired) electrons. The van der Waals surface area contributed by atoms with E-state index in [1.807, 2.05) is 12.1 Å². The molecule has 8 nitrogen and oxygen atoms in total. The van der Waals surface area contributed by atoms with E-state index in [0.29, 0.717) is 12.1 Å². The lowest BCUT2D eigenvalue weighted by Gasteiger charge is -2.20. The molecule has 1 fully saturated rings. The molecule has 1 amide bonds. The topological polar surface area (TPSA) is 94.4 Å². The third kappa shape index (κ3) is 3.74. The lowest BCUT2D eigenvalue weighted by atomic mass is 10.1. The molecule has 0 saturated carbocycles. The van der Waals surface area contributed by atoms with E-state index in [2.05, 4.69) is 10.3 Å². The average Bonchev–Trinajstić information content (AvgIpc) is 2.96. The van der Waals surface area contributed by atoms with Gasteiger partial charge in [-0.2, -0.15) is 0 Å². The summed E-state index contributed by atoms with van der Waals surface area (Å²) in [7, 11) is -3.16. The standard InChI is InChI=1S/C14H16N4O4S/c19-14(18-7-9-23(20,21)10-8-22-18)13-4-2-1-3-12(13)11-17-6-5-15-16-17/h1-6H,7-11H2. The first-order chi connectivity index (χ1) is 11.1. The van der Waals surface area contributed by atoms with E-state index in [0.717, 1.165) is 10.6 Å². The number of nitrogens with zero attached hydrogens (tertiary/aromatic N) is 4. The van der Waals surface area contributed by atoms with Gasteiger partial charge in [0.2, 0.25) is 0 Å². The summed E-state index contributed by atoms with van der Waals surface area (Å²) in [6, 6.07) is 7.10. The predicted octanol–water partition coefficient (Wildman–Crippen LogP) is 0.129. The molecule has 122 valence electrons. The van der Waals surface area contributed by atoms with Gasteiger partial charge in [-0.15, -0.1) is 5.10 Å². The normalized spacial score (nSPS) is 17.7. The van der Waals surface area contributed by atoms with Crippen LogP contribution >= 0.6 is 0 Å². The van der Waals surface area contributed by atoms with Crippen molar-refractivity contribution in [3.05, 3.63) is 47.8 Å². The summed E-state index contributed by atoms with van der Waals surface area (Å²) in [6.07, 6.45) is 3.27. The predicted molar refractivity (Wildman–Crippen MR) is 81.2 cm³/mol. The van der Waals surface area contributed by atoms with E-state index in [1.165, 1.54) is 0 Å². The third-order valence-corrected chi connectivity index (χ3v) is 5.12. The highest BCUT2D eigenvalue weighted by Crippen LogP contribution is 2.15. The largest absolute Gasteiger partial charge is 0.277 e. The molecule has 0 bridgehead atoms. The van der Waals surface area contributed by atoms with Crippen molar-refractivity contribution in [1.29, 1.82) is 0 Å². The molecule has 2 aromatic rings. The van der Waals surface area contributed by atoms with Gasteiger partial charge in [0.1, 0.15) is 0 Å². The van der Waals surface area contributed by atoms with Crippen LogP contribution in [0.2, 0.25) is 0 Å². The zero-order valence-electron chi connectivity index (χ0n) is 12.3. The minimum absolute atomic E-state index is 0.0146. The fourth-order valence-electron chi connectivity index (χ4n) is 2.32. The Morgan fingerprint density at radius 3 is 2.87 bits per heavy atom. The quantitative estimate of drug-likeness (QED) is 0.791. The molecule has 0 atom stereocenters. The number of aromatic nitrogens is 3. The Hall–Kier alpha value is -2.26. The van der Waals surface area contributed by atoms with Crippen molar-refractivity contribution in [3.8, 4) is 0 Å². The van der Waals surface area contributed by atoms with Gasteiger partial charge in [0.25, 0.3) is 5.91 Å². The Bertz CT molecular complexity index is 789. The molecule has 2 heterocycles. The summed E-state index contributed by atoms with van der Waals surface area (Å²) < 4.78 is 24.8. The molecule has 3 rings (SSSR count). The summed E-state index contributed by atoms with van der Waals surface area (Å²) in [5.41, 5.74) is 1.22. The molecular weight excluding hydrogens is 320 g/mol. The Labute approximate surface area is 133 Å². The van der Waals surface area contributed by atoms with E-state index < -0.39 is 9.84 Å². The van der Waals surface area contributed by atoms with Crippen LogP contribution in [-0.4, -0.2) is 59.0 Å². The second-order valence-corrected chi connectivity index (χ2v) is 7.45. The first-order valence-electron chi connectivity index (χ1n) is 7.12. The van der Waals surface area contributed by atoms with Crippen molar-refractivity contribution in [1.82, 2.24) is 20.1 Å². The maximum Gasteiger partial charge on any atom is 0.277 e. The van der Waals surface area contributed by atoms with Crippen LogP contribution in [0.25, 0.3) is 0 Å². The van der Waals surface area contributed by atoms with Gasteiger partial charge in [0.15, 0.2) is 9.84 Å². The Morgan fingerprint density at radius 2 is 2.09 bits per heavy atom. The SMILES string of the molecule is O=C(c1ccccc1Cn1ccnn1)N1CCS(=O)(=O)CCO1. The number of rotatable bonds is 3. The van der Waals surface area contributed by atoms with E-state index in [-0.39, 0.29) is 30.6 Å². The Kier molecular flexibility index (Phi) is 4.39. The van der Waals surface area contributed by atoms with Crippen LogP contribution in [0.4, 0.5) is 0 Å². The third-order valence-electron chi connectivity index (χ3n) is 3.53. The van der Waals surface area contributed by atoms with Crippen LogP contribution in [-0.2, 0) is 21.2 Å². The number of benzene rings is 1. The van der Waals surface area contributed by atoms with Gasteiger partial charge in [0.05, 0.1) is 37.4 Å². The van der Waals surface area contributed by atoms with Crippen molar-refractivity contribution < 1.29 is 18.0 Å². The van der Waals surface area contributed by atoms with E-state index in [4.69, 9.17) is 4.84 Å². The number of carbonyl (C=O) groups is 1. The minimum Gasteiger partial charge on any atom is -0.270 e. The Morgan fingerprint density at radius 1 is 1.26 bits per heavy atom. The van der Waals surface area contributed by atoms with Crippen molar-refractivity contribution in [2.45, 2.75) is 6.54 Å². The molecule has 0 unspecified atom stereocenters. The highest BCUT2D eigenvalue weighted by molar-refractivity contribution is 7.91. The van der Waals surface area contributed by atoms with Crippen molar-refractivity contribution >= 4 is 15.7 Å². The maximum absolute atomic E-state index is 12.7. The second kappa shape index (κ2) is 6.47. The molecule has 1 saturated heterocycles. The highest BCUT2D eigenvalue weighted by Gasteiger charge is 2.25. The molecule has 1 aliphatic rings. The fourth-order valence-corrected chi connectivity index (χ4v) is 3.29. The number of hydroxylamine groups is 2. The maximum atomic E-state index is 12.7. The van der Waals surface area contributed by atoms with Gasteiger partial charge in [0, 0.05) is 11.8 Å². The molecule has 1 aromatic carbocycles. The summed E-state index contributed by atoms with van der Waals surface area (Å²) in [4.78, 5) is 18.0. The fraction of sp³-hybridized carbons (Fsp3) is 0.357. The molecule has 9 heteroatoms. The van der Waals surface area contributed by atoms with Gasteiger partial charge in [-0.1, -0.05) is 23.4 Å². The van der Waals surface area contributed by atoms with Gasteiger partial charge in [-0.3, -0.25) is 9.63 Å². The molecule has 0 N–H and O–H groups in total. The van der Waals surface area contributed by atoms with Crippen LogP contribution < -0.4 is 0 Å². The smallest absolute Gasteiger partial charge is 0.270 e. The molecular formula is C14H16N4O4S. The summed E-state index contributed by atoms with van der Waals surface area (Å²) in [5.74, 6) is -0.515. The van der Waals surface area contributed by atoms with Gasteiger partial charge in [-0.05, 0) is 11.6 Å². The molecule has 1 aliphatic heterocycles. The van der Waals surface area contributed by atoms with Gasteiger partial charge >= 0.3 is 0 Å². The van der Waals surface area contributed by atoms with Gasteiger partial charge in [-0.25, -0.2) is 18.2 Å².